The van der Waals surface area contributed by atoms with E-state index in [1.807, 2.05) is 12.1 Å². The van der Waals surface area contributed by atoms with E-state index in [2.05, 4.69) is 15.0 Å². The van der Waals surface area contributed by atoms with E-state index >= 15 is 0 Å². The predicted molar refractivity (Wildman–Crippen MR) is 104 cm³/mol. The molecule has 0 saturated carbocycles. The molecule has 2 aromatic carbocycles. The van der Waals surface area contributed by atoms with Crippen LogP contribution in [0.1, 0.15) is 5.69 Å². The Morgan fingerprint density at radius 3 is 2.12 bits per heavy atom. The summed E-state index contributed by atoms with van der Waals surface area (Å²) in [7, 11) is 0. The van der Waals surface area contributed by atoms with Crippen LogP contribution in [0.3, 0.4) is 0 Å². The molecule has 132 valence electrons. The third-order valence-electron chi connectivity index (χ3n) is 3.53. The maximum Gasteiger partial charge on any atom is 0.142 e. The molecule has 0 aliphatic rings. The van der Waals surface area contributed by atoms with Crippen molar-refractivity contribution < 1.29 is 10.2 Å². The molecule has 1 aromatic heterocycles. The number of halogens is 2. The van der Waals surface area contributed by atoms with Gasteiger partial charge in [-0.2, -0.15) is 0 Å². The summed E-state index contributed by atoms with van der Waals surface area (Å²) in [4.78, 5) is 11.7. The zero-order valence-electron chi connectivity index (χ0n) is 13.5. The molecule has 0 fully saturated rings. The fourth-order valence-corrected chi connectivity index (χ4v) is 2.72. The van der Waals surface area contributed by atoms with Crippen LogP contribution in [-0.2, 0) is 6.42 Å². The van der Waals surface area contributed by atoms with Crippen LogP contribution in [0.5, 0.6) is 11.5 Å². The van der Waals surface area contributed by atoms with Crippen molar-refractivity contribution in [2.24, 2.45) is 9.98 Å². The van der Waals surface area contributed by atoms with Crippen LogP contribution in [0.15, 0.2) is 64.6 Å². The average Bonchev–Trinajstić information content (AvgIpc) is 2.61. The third kappa shape index (κ3) is 4.25. The lowest BCUT2D eigenvalue weighted by atomic mass is 10.2. The van der Waals surface area contributed by atoms with Crippen molar-refractivity contribution in [3.63, 3.8) is 0 Å². The number of aromatic nitrogens is 1. The molecule has 0 unspecified atom stereocenters. The molecule has 0 atom stereocenters. The maximum absolute atomic E-state index is 9.89. The molecule has 0 aliphatic heterocycles. The molecule has 0 spiro atoms. The number of phenols is 2. The van der Waals surface area contributed by atoms with Gasteiger partial charge in [-0.1, -0.05) is 41.4 Å². The first-order valence-electron chi connectivity index (χ1n) is 7.75. The van der Waals surface area contributed by atoms with Crippen LogP contribution >= 0.6 is 23.2 Å². The normalized spacial score (nSPS) is 12.0. The van der Waals surface area contributed by atoms with Crippen LogP contribution in [0.2, 0.25) is 10.0 Å². The average molecular weight is 388 g/mol. The van der Waals surface area contributed by atoms with Gasteiger partial charge in [0.05, 0.1) is 10.0 Å². The van der Waals surface area contributed by atoms with E-state index in [0.29, 0.717) is 33.3 Å². The lowest BCUT2D eigenvalue weighted by Crippen LogP contribution is -2.09. The predicted octanol–water partition coefficient (Wildman–Crippen LogP) is 4.91. The van der Waals surface area contributed by atoms with Crippen LogP contribution < -0.4 is 5.49 Å². The minimum Gasteiger partial charge on any atom is -0.506 e. The standard InChI is InChI=1S/C19H15Cl2N3O2/c20-13-5-2-7-15(25)18(13)22-11-10-12-4-1-9-17(23-12)24-19-14(21)6-3-8-16(19)26/h1-9,11,25-26H,10H2,(H,23,24). The number of rotatable bonds is 4. The molecular weight excluding hydrogens is 373 g/mol. The van der Waals surface area contributed by atoms with Gasteiger partial charge >= 0.3 is 0 Å². The fourth-order valence-electron chi connectivity index (χ4n) is 2.29. The summed E-state index contributed by atoms with van der Waals surface area (Å²) in [5, 5.41) is 20.4. The Labute approximate surface area is 159 Å². The van der Waals surface area contributed by atoms with Gasteiger partial charge in [0.1, 0.15) is 28.4 Å². The number of nitrogens with one attached hydrogen (secondary N) is 1. The van der Waals surface area contributed by atoms with Gasteiger partial charge in [0.15, 0.2) is 0 Å². The van der Waals surface area contributed by atoms with Crippen molar-refractivity contribution in [3.05, 3.63) is 75.8 Å². The number of para-hydroxylation sites is 2. The molecular formula is C19H15Cl2N3O2. The van der Waals surface area contributed by atoms with E-state index in [1.165, 1.54) is 12.1 Å². The van der Waals surface area contributed by atoms with Crippen molar-refractivity contribution in [2.75, 3.05) is 0 Å². The summed E-state index contributed by atoms with van der Waals surface area (Å²) in [6.45, 7) is 0. The number of phenolic OH excluding ortho intramolecular Hbond substituents is 2. The highest BCUT2D eigenvalue weighted by Gasteiger charge is 2.04. The molecule has 1 heterocycles. The smallest absolute Gasteiger partial charge is 0.142 e. The molecule has 0 amide bonds. The highest BCUT2D eigenvalue weighted by Crippen LogP contribution is 2.34. The second-order valence-corrected chi connectivity index (χ2v) is 6.22. The molecule has 0 aliphatic carbocycles. The van der Waals surface area contributed by atoms with Gasteiger partial charge in [0.25, 0.3) is 0 Å². The highest BCUT2D eigenvalue weighted by atomic mass is 35.5. The summed E-state index contributed by atoms with van der Waals surface area (Å²) in [5.41, 5.74) is 2.01. The van der Waals surface area contributed by atoms with E-state index in [-0.39, 0.29) is 11.5 Å². The van der Waals surface area contributed by atoms with Gasteiger partial charge in [0.2, 0.25) is 0 Å². The number of H-pyrrole nitrogens is 1. The van der Waals surface area contributed by atoms with Crippen LogP contribution in [0, 0.1) is 0 Å². The van der Waals surface area contributed by atoms with Crippen LogP contribution in [0.4, 0.5) is 11.4 Å². The molecule has 26 heavy (non-hydrogen) atoms. The van der Waals surface area contributed by atoms with Crippen LogP contribution in [0.25, 0.3) is 0 Å². The summed E-state index contributed by atoms with van der Waals surface area (Å²) < 4.78 is 0. The second-order valence-electron chi connectivity index (χ2n) is 5.40. The van der Waals surface area contributed by atoms with Crippen molar-refractivity contribution in [1.82, 2.24) is 4.98 Å². The topological polar surface area (TPSA) is 81.0 Å². The molecule has 3 rings (SSSR count). The second kappa shape index (κ2) is 8.08. The van der Waals surface area contributed by atoms with Gasteiger partial charge in [-0.05, 0) is 36.4 Å². The maximum atomic E-state index is 9.89. The lowest BCUT2D eigenvalue weighted by Gasteiger charge is -2.02. The number of aromatic hydroxyl groups is 2. The Kier molecular flexibility index (Phi) is 5.61. The van der Waals surface area contributed by atoms with Gasteiger partial charge in [-0.3, -0.25) is 4.99 Å². The molecule has 3 N–H and O–H groups in total. The fraction of sp³-hybridized carbons (Fsp3) is 0.0526. The van der Waals surface area contributed by atoms with E-state index in [0.717, 1.165) is 5.69 Å². The SMILES string of the molecule is Oc1cccc(Cl)c1N=CCc1cccc(=Nc2c(O)cccc2Cl)[nH]1. The number of nitrogens with zero attached hydrogens (tertiary/aromatic N) is 2. The number of aliphatic imine (C=N–C) groups is 1. The first kappa shape index (κ1) is 18.0. The Morgan fingerprint density at radius 2 is 1.46 bits per heavy atom. The molecule has 5 nitrogen and oxygen atoms in total. The minimum absolute atomic E-state index is 0.00654. The zero-order chi connectivity index (χ0) is 18.5. The van der Waals surface area contributed by atoms with E-state index in [9.17, 15) is 10.2 Å². The van der Waals surface area contributed by atoms with E-state index < -0.39 is 0 Å². The van der Waals surface area contributed by atoms with Crippen molar-refractivity contribution in [1.29, 1.82) is 0 Å². The Morgan fingerprint density at radius 1 is 0.846 bits per heavy atom. The van der Waals surface area contributed by atoms with E-state index in [1.54, 1.807) is 36.5 Å². The summed E-state index contributed by atoms with van der Waals surface area (Å²) in [5.74, 6) is 0.0303. The van der Waals surface area contributed by atoms with E-state index in [4.69, 9.17) is 23.2 Å². The molecule has 0 saturated heterocycles. The Hall–Kier alpha value is -2.76. The highest BCUT2D eigenvalue weighted by molar-refractivity contribution is 6.33. The van der Waals surface area contributed by atoms with Gasteiger partial charge < -0.3 is 15.2 Å². The summed E-state index contributed by atoms with van der Waals surface area (Å²) >= 11 is 12.1. The molecule has 3 aromatic rings. The number of hydrogen-bond donors (Lipinski definition) is 3. The Balaban J connectivity index is 1.84. The van der Waals surface area contributed by atoms with Crippen molar-refractivity contribution >= 4 is 40.8 Å². The quantitative estimate of drug-likeness (QED) is 0.555. The third-order valence-corrected chi connectivity index (χ3v) is 4.14. The Bertz CT molecular complexity index is 989. The number of benzene rings is 2. The molecule has 0 bridgehead atoms. The van der Waals surface area contributed by atoms with Gasteiger partial charge in [0, 0.05) is 18.3 Å². The lowest BCUT2D eigenvalue weighted by molar-refractivity contribution is 0.476. The molecule has 7 heteroatoms. The first-order chi connectivity index (χ1) is 12.5. The summed E-state index contributed by atoms with van der Waals surface area (Å²) in [6, 6.07) is 15.2. The zero-order valence-corrected chi connectivity index (χ0v) is 15.0. The van der Waals surface area contributed by atoms with Crippen molar-refractivity contribution in [3.8, 4) is 11.5 Å². The van der Waals surface area contributed by atoms with Crippen molar-refractivity contribution in [2.45, 2.75) is 6.42 Å². The monoisotopic (exact) mass is 387 g/mol. The largest absolute Gasteiger partial charge is 0.506 e. The number of pyridine rings is 1. The number of aromatic amines is 1. The van der Waals surface area contributed by atoms with Gasteiger partial charge in [-0.25, -0.2) is 4.99 Å². The van der Waals surface area contributed by atoms with Gasteiger partial charge in [-0.15, -0.1) is 0 Å². The molecule has 0 radical (unpaired) electrons. The number of hydrogen-bond acceptors (Lipinski definition) is 4. The summed E-state index contributed by atoms with van der Waals surface area (Å²) in [6.07, 6.45) is 2.12. The van der Waals surface area contributed by atoms with Crippen LogP contribution in [-0.4, -0.2) is 21.4 Å². The minimum atomic E-state index is 0.00654. The first-order valence-corrected chi connectivity index (χ1v) is 8.50.